The van der Waals surface area contributed by atoms with Crippen molar-refractivity contribution in [1.29, 1.82) is 5.26 Å². The third-order valence-electron chi connectivity index (χ3n) is 4.12. The second-order valence-electron chi connectivity index (χ2n) is 5.85. The highest BCUT2D eigenvalue weighted by molar-refractivity contribution is 6.09. The zero-order chi connectivity index (χ0) is 19.6. The van der Waals surface area contributed by atoms with Gasteiger partial charge in [-0.15, -0.1) is 0 Å². The van der Waals surface area contributed by atoms with Gasteiger partial charge in [-0.2, -0.15) is 5.26 Å². The van der Waals surface area contributed by atoms with Crippen molar-refractivity contribution in [2.24, 2.45) is 0 Å². The molecule has 0 aliphatic rings. The number of amides is 1. The van der Waals surface area contributed by atoms with Crippen molar-refractivity contribution in [3.05, 3.63) is 59.7 Å². The summed E-state index contributed by atoms with van der Waals surface area (Å²) in [7, 11) is 0. The van der Waals surface area contributed by atoms with Crippen LogP contribution >= 0.6 is 0 Å². The molecule has 0 aromatic heterocycles. The normalized spacial score (nSPS) is 10.8. The van der Waals surface area contributed by atoms with Gasteiger partial charge in [0.1, 0.15) is 17.4 Å². The van der Waals surface area contributed by atoms with Crippen molar-refractivity contribution in [2.45, 2.75) is 20.8 Å². The number of nitrogens with one attached hydrogen (secondary N) is 1. The van der Waals surface area contributed by atoms with Crippen molar-refractivity contribution in [3.63, 3.8) is 0 Å². The van der Waals surface area contributed by atoms with Crippen molar-refractivity contribution >= 4 is 23.4 Å². The molecule has 0 spiro atoms. The minimum absolute atomic E-state index is 0.0551. The van der Waals surface area contributed by atoms with E-state index in [0.717, 1.165) is 30.1 Å². The van der Waals surface area contributed by atoms with Crippen LogP contribution in [0.2, 0.25) is 0 Å². The Balaban J connectivity index is 2.10. The third-order valence-corrected chi connectivity index (χ3v) is 4.12. The fourth-order valence-corrected chi connectivity index (χ4v) is 2.68. The third kappa shape index (κ3) is 5.61. The highest BCUT2D eigenvalue weighted by Crippen LogP contribution is 2.18. The van der Waals surface area contributed by atoms with Gasteiger partial charge >= 0.3 is 0 Å². The van der Waals surface area contributed by atoms with Gasteiger partial charge in [0, 0.05) is 24.5 Å². The van der Waals surface area contributed by atoms with E-state index in [1.807, 2.05) is 37.3 Å². The number of hydrogen-bond acceptors (Lipinski definition) is 4. The van der Waals surface area contributed by atoms with E-state index in [0.29, 0.717) is 12.3 Å². The number of ether oxygens (including phenoxy) is 1. The first kappa shape index (κ1) is 20.1. The van der Waals surface area contributed by atoms with Crippen LogP contribution in [0.3, 0.4) is 0 Å². The number of benzene rings is 2. The van der Waals surface area contributed by atoms with E-state index in [1.54, 1.807) is 30.3 Å². The maximum Gasteiger partial charge on any atom is 0.266 e. The maximum absolute atomic E-state index is 12.4. The van der Waals surface area contributed by atoms with Gasteiger partial charge in [0.2, 0.25) is 0 Å². The van der Waals surface area contributed by atoms with Crippen LogP contribution in [0.5, 0.6) is 5.75 Å². The number of nitrogens with zero attached hydrogens (tertiary/aromatic N) is 2. The molecule has 0 saturated carbocycles. The lowest BCUT2D eigenvalue weighted by molar-refractivity contribution is -0.112. The molecule has 0 unspecified atom stereocenters. The van der Waals surface area contributed by atoms with E-state index in [2.05, 4.69) is 24.1 Å². The molecule has 0 aliphatic carbocycles. The van der Waals surface area contributed by atoms with Gasteiger partial charge in [0.05, 0.1) is 6.61 Å². The fourth-order valence-electron chi connectivity index (χ4n) is 2.68. The molecular formula is C22H25N3O2. The van der Waals surface area contributed by atoms with E-state index in [1.165, 1.54) is 0 Å². The summed E-state index contributed by atoms with van der Waals surface area (Å²) >= 11 is 0. The summed E-state index contributed by atoms with van der Waals surface area (Å²) < 4.78 is 5.38. The molecule has 2 aromatic carbocycles. The van der Waals surface area contributed by atoms with Crippen LogP contribution in [0.15, 0.2) is 54.1 Å². The Labute approximate surface area is 160 Å². The number of hydrogen-bond donors (Lipinski definition) is 1. The molecule has 1 N–H and O–H groups in total. The Morgan fingerprint density at radius 2 is 1.70 bits per heavy atom. The molecule has 0 heterocycles. The molecule has 1 amide bonds. The van der Waals surface area contributed by atoms with Crippen LogP contribution in [0.1, 0.15) is 26.3 Å². The van der Waals surface area contributed by atoms with Crippen LogP contribution in [-0.4, -0.2) is 25.6 Å². The first-order valence-corrected chi connectivity index (χ1v) is 9.12. The molecule has 140 valence electrons. The molecule has 2 aromatic rings. The summed E-state index contributed by atoms with van der Waals surface area (Å²) in [6, 6.07) is 16.8. The average molecular weight is 363 g/mol. The molecule has 0 atom stereocenters. The number of rotatable bonds is 8. The van der Waals surface area contributed by atoms with Crippen LogP contribution < -0.4 is 15.0 Å². The molecule has 2 rings (SSSR count). The number of nitriles is 1. The van der Waals surface area contributed by atoms with Gasteiger partial charge < -0.3 is 15.0 Å². The standard InChI is InChI=1S/C22H25N3O2/c1-4-25(5-2)20-11-7-17(8-12-20)15-18(16-23)22(26)24-19-9-13-21(14-10-19)27-6-3/h7-15H,4-6H2,1-3H3,(H,24,26)/b18-15-. The van der Waals surface area contributed by atoms with E-state index < -0.39 is 5.91 Å². The van der Waals surface area contributed by atoms with Gasteiger partial charge in [0.15, 0.2) is 0 Å². The minimum Gasteiger partial charge on any atom is -0.494 e. The summed E-state index contributed by atoms with van der Waals surface area (Å²) in [5.41, 5.74) is 2.60. The van der Waals surface area contributed by atoms with Gasteiger partial charge in [-0.05, 0) is 68.8 Å². The predicted octanol–water partition coefficient (Wildman–Crippen LogP) is 4.48. The largest absolute Gasteiger partial charge is 0.494 e. The molecule has 0 radical (unpaired) electrons. The minimum atomic E-state index is -0.436. The van der Waals surface area contributed by atoms with Gasteiger partial charge in [0.25, 0.3) is 5.91 Å². The molecule has 5 nitrogen and oxygen atoms in total. The number of carbonyl (C=O) groups excluding carboxylic acids is 1. The van der Waals surface area contributed by atoms with Gasteiger partial charge in [-0.1, -0.05) is 12.1 Å². The zero-order valence-electron chi connectivity index (χ0n) is 16.0. The second kappa shape index (κ2) is 10.0. The SMILES string of the molecule is CCOc1ccc(NC(=O)/C(C#N)=C\c2ccc(N(CC)CC)cc2)cc1. The predicted molar refractivity (Wildman–Crippen MR) is 110 cm³/mol. The lowest BCUT2D eigenvalue weighted by atomic mass is 10.1. The summed E-state index contributed by atoms with van der Waals surface area (Å²) in [4.78, 5) is 14.6. The first-order chi connectivity index (χ1) is 13.1. The Hall–Kier alpha value is -3.26. The quantitative estimate of drug-likeness (QED) is 0.555. The zero-order valence-corrected chi connectivity index (χ0v) is 16.0. The van der Waals surface area contributed by atoms with Crippen molar-refractivity contribution in [3.8, 4) is 11.8 Å². The molecule has 0 aliphatic heterocycles. The van der Waals surface area contributed by atoms with Crippen LogP contribution in [0.25, 0.3) is 6.08 Å². The van der Waals surface area contributed by atoms with Gasteiger partial charge in [-0.25, -0.2) is 0 Å². The summed E-state index contributed by atoms with van der Waals surface area (Å²) in [6.45, 7) is 8.57. The van der Waals surface area contributed by atoms with Crippen LogP contribution in [0, 0.1) is 11.3 Å². The monoisotopic (exact) mass is 363 g/mol. The second-order valence-corrected chi connectivity index (χ2v) is 5.85. The Morgan fingerprint density at radius 1 is 1.07 bits per heavy atom. The molecule has 5 heteroatoms. The molecular weight excluding hydrogens is 338 g/mol. The molecule has 0 fully saturated rings. The van der Waals surface area contributed by atoms with E-state index >= 15 is 0 Å². The summed E-state index contributed by atoms with van der Waals surface area (Å²) in [5.74, 6) is 0.300. The van der Waals surface area contributed by atoms with Crippen molar-refractivity contribution in [1.82, 2.24) is 0 Å². The molecule has 27 heavy (non-hydrogen) atoms. The smallest absolute Gasteiger partial charge is 0.266 e. The Kier molecular flexibility index (Phi) is 7.45. The van der Waals surface area contributed by atoms with E-state index in [9.17, 15) is 10.1 Å². The number of anilines is 2. The highest BCUT2D eigenvalue weighted by atomic mass is 16.5. The summed E-state index contributed by atoms with van der Waals surface area (Å²) in [5, 5.41) is 12.1. The lowest BCUT2D eigenvalue weighted by Crippen LogP contribution is -2.21. The maximum atomic E-state index is 12.4. The fraction of sp³-hybridized carbons (Fsp3) is 0.273. The lowest BCUT2D eigenvalue weighted by Gasteiger charge is -2.20. The number of carbonyl (C=O) groups is 1. The van der Waals surface area contributed by atoms with E-state index in [-0.39, 0.29) is 5.57 Å². The summed E-state index contributed by atoms with van der Waals surface area (Å²) in [6.07, 6.45) is 1.59. The van der Waals surface area contributed by atoms with E-state index in [4.69, 9.17) is 4.74 Å². The van der Waals surface area contributed by atoms with Crippen LogP contribution in [-0.2, 0) is 4.79 Å². The Morgan fingerprint density at radius 3 is 2.22 bits per heavy atom. The van der Waals surface area contributed by atoms with Crippen molar-refractivity contribution < 1.29 is 9.53 Å². The van der Waals surface area contributed by atoms with Crippen molar-refractivity contribution in [2.75, 3.05) is 29.9 Å². The highest BCUT2D eigenvalue weighted by Gasteiger charge is 2.10. The topological polar surface area (TPSA) is 65.4 Å². The first-order valence-electron chi connectivity index (χ1n) is 9.12. The van der Waals surface area contributed by atoms with Crippen LogP contribution in [0.4, 0.5) is 11.4 Å². The molecule has 0 bridgehead atoms. The molecule has 0 saturated heterocycles. The average Bonchev–Trinajstić information content (AvgIpc) is 2.69. The Bertz CT molecular complexity index is 814. The van der Waals surface area contributed by atoms with Gasteiger partial charge in [-0.3, -0.25) is 4.79 Å².